The van der Waals surface area contributed by atoms with E-state index in [0.717, 1.165) is 17.4 Å². The Morgan fingerprint density at radius 2 is 2.05 bits per heavy atom. The lowest BCUT2D eigenvalue weighted by molar-refractivity contribution is -0.137. The molecule has 8 nitrogen and oxygen atoms in total. The maximum Gasteiger partial charge on any atom is 0.332 e. The number of hydrogen-bond acceptors (Lipinski definition) is 4. The summed E-state index contributed by atoms with van der Waals surface area (Å²) in [5.41, 5.74) is -0.144. The van der Waals surface area contributed by atoms with Gasteiger partial charge in [-0.1, -0.05) is 13.3 Å². The van der Waals surface area contributed by atoms with Crippen molar-refractivity contribution in [2.75, 3.05) is 0 Å². The molecule has 0 amide bonds. The van der Waals surface area contributed by atoms with Crippen molar-refractivity contribution >= 4 is 17.1 Å². The average molecular weight is 308 g/mol. The van der Waals surface area contributed by atoms with Crippen LogP contribution in [0.5, 0.6) is 0 Å². The molecule has 8 heteroatoms. The molecule has 0 atom stereocenters. The van der Waals surface area contributed by atoms with Crippen LogP contribution in [0.1, 0.15) is 38.4 Å². The molecule has 2 aromatic rings. The van der Waals surface area contributed by atoms with Crippen molar-refractivity contribution in [2.45, 2.75) is 45.6 Å². The lowest BCUT2D eigenvalue weighted by atomic mass is 10.2. The number of nitrogens with one attached hydrogen (secondary N) is 1. The number of carbonyl (C=O) groups is 1. The van der Waals surface area contributed by atoms with E-state index < -0.39 is 11.5 Å². The second kappa shape index (κ2) is 6.59. The number of nitrogens with zero attached hydrogens (tertiary/aromatic N) is 3. The molecule has 22 heavy (non-hydrogen) atoms. The third kappa shape index (κ3) is 3.10. The van der Waals surface area contributed by atoms with Gasteiger partial charge < -0.3 is 10.1 Å². The lowest BCUT2D eigenvalue weighted by Crippen LogP contribution is -2.38. The van der Waals surface area contributed by atoms with Crippen LogP contribution >= 0.6 is 0 Å². The molecule has 120 valence electrons. The Bertz CT molecular complexity index is 800. The Balaban J connectivity index is 2.45. The minimum absolute atomic E-state index is 0.0394. The fourth-order valence-electron chi connectivity index (χ4n) is 2.33. The minimum atomic E-state index is -0.869. The standard InChI is InChI=1S/C14H20N4O4/c1-3-4-8-18-12-11(13(21)17(2)14(18)22)15-9(16-12)6-5-7-10(19)20/h3-8H2,1-2H3,(H,15,16)(H,19,20). The van der Waals surface area contributed by atoms with E-state index in [-0.39, 0.29) is 12.1 Å². The van der Waals surface area contributed by atoms with E-state index in [1.165, 1.54) is 11.6 Å². The van der Waals surface area contributed by atoms with Crippen LogP contribution in [-0.2, 0) is 24.8 Å². The van der Waals surface area contributed by atoms with Crippen LogP contribution in [0.3, 0.4) is 0 Å². The minimum Gasteiger partial charge on any atom is -0.481 e. The fourth-order valence-corrected chi connectivity index (χ4v) is 2.33. The molecule has 0 saturated carbocycles. The van der Waals surface area contributed by atoms with E-state index in [2.05, 4.69) is 9.97 Å². The van der Waals surface area contributed by atoms with Gasteiger partial charge in [-0.3, -0.25) is 18.7 Å². The van der Waals surface area contributed by atoms with Crippen molar-refractivity contribution in [3.8, 4) is 0 Å². The average Bonchev–Trinajstić information content (AvgIpc) is 2.89. The van der Waals surface area contributed by atoms with Crippen molar-refractivity contribution in [1.29, 1.82) is 0 Å². The third-order valence-corrected chi connectivity index (χ3v) is 3.57. The second-order valence-corrected chi connectivity index (χ2v) is 5.28. The molecule has 0 aliphatic carbocycles. The number of unbranched alkanes of at least 4 members (excludes halogenated alkanes) is 1. The van der Waals surface area contributed by atoms with Gasteiger partial charge in [0.2, 0.25) is 0 Å². The molecule has 2 rings (SSSR count). The van der Waals surface area contributed by atoms with Crippen molar-refractivity contribution in [2.24, 2.45) is 7.05 Å². The molecule has 0 radical (unpaired) electrons. The van der Waals surface area contributed by atoms with Crippen LogP contribution in [-0.4, -0.2) is 30.2 Å². The first kappa shape index (κ1) is 16.0. The number of H-pyrrole nitrogens is 1. The monoisotopic (exact) mass is 308 g/mol. The van der Waals surface area contributed by atoms with E-state index in [4.69, 9.17) is 5.11 Å². The SMILES string of the molecule is CCCCn1c(=O)n(C)c(=O)c2[nH]c(CCCC(=O)O)nc21. The number of aromatic amines is 1. The zero-order valence-corrected chi connectivity index (χ0v) is 12.8. The number of rotatable bonds is 7. The first-order valence-corrected chi connectivity index (χ1v) is 7.36. The molecule has 0 fully saturated rings. The van der Waals surface area contributed by atoms with Gasteiger partial charge in [0.1, 0.15) is 11.3 Å². The highest BCUT2D eigenvalue weighted by Crippen LogP contribution is 2.09. The lowest BCUT2D eigenvalue weighted by Gasteiger charge is -2.07. The first-order valence-electron chi connectivity index (χ1n) is 7.36. The number of hydrogen-bond donors (Lipinski definition) is 2. The number of aromatic nitrogens is 4. The van der Waals surface area contributed by atoms with Gasteiger partial charge in [0.05, 0.1) is 0 Å². The number of aliphatic carboxylic acids is 1. The van der Waals surface area contributed by atoms with Crippen LogP contribution in [0, 0.1) is 0 Å². The third-order valence-electron chi connectivity index (χ3n) is 3.57. The summed E-state index contributed by atoms with van der Waals surface area (Å²) in [5, 5.41) is 8.66. The van der Waals surface area contributed by atoms with Gasteiger partial charge in [-0.15, -0.1) is 0 Å². The predicted octanol–water partition coefficient (Wildman–Crippen LogP) is 0.631. The van der Waals surface area contributed by atoms with Crippen LogP contribution < -0.4 is 11.2 Å². The van der Waals surface area contributed by atoms with E-state index in [9.17, 15) is 14.4 Å². The summed E-state index contributed by atoms with van der Waals surface area (Å²) in [6, 6.07) is 0. The van der Waals surface area contributed by atoms with E-state index in [1.807, 2.05) is 6.92 Å². The summed E-state index contributed by atoms with van der Waals surface area (Å²) in [4.78, 5) is 42.2. The van der Waals surface area contributed by atoms with Gasteiger partial charge in [-0.25, -0.2) is 9.78 Å². The van der Waals surface area contributed by atoms with Crippen molar-refractivity contribution in [3.05, 3.63) is 26.7 Å². The summed E-state index contributed by atoms with van der Waals surface area (Å²) < 4.78 is 2.56. The van der Waals surface area contributed by atoms with Crippen LogP contribution in [0.4, 0.5) is 0 Å². The van der Waals surface area contributed by atoms with Crippen LogP contribution in [0.25, 0.3) is 11.2 Å². The van der Waals surface area contributed by atoms with Gasteiger partial charge in [0.15, 0.2) is 5.65 Å². The molecular weight excluding hydrogens is 288 g/mol. The van der Waals surface area contributed by atoms with E-state index in [1.54, 1.807) is 0 Å². The number of carboxylic acids is 1. The molecule has 0 saturated heterocycles. The van der Waals surface area contributed by atoms with Crippen molar-refractivity contribution in [1.82, 2.24) is 19.1 Å². The smallest absolute Gasteiger partial charge is 0.332 e. The number of fused-ring (bicyclic) bond motifs is 1. The molecule has 0 aliphatic rings. The molecule has 2 N–H and O–H groups in total. The Kier molecular flexibility index (Phi) is 4.79. The number of imidazole rings is 1. The maximum atomic E-state index is 12.2. The zero-order valence-electron chi connectivity index (χ0n) is 12.8. The Hall–Kier alpha value is -2.38. The van der Waals surface area contributed by atoms with Gasteiger partial charge >= 0.3 is 11.7 Å². The zero-order chi connectivity index (χ0) is 16.3. The molecule has 2 aromatic heterocycles. The predicted molar refractivity (Wildman–Crippen MR) is 81.1 cm³/mol. The molecular formula is C14H20N4O4. The van der Waals surface area contributed by atoms with E-state index >= 15 is 0 Å². The summed E-state index contributed by atoms with van der Waals surface area (Å²) in [5.74, 6) is -0.337. The Labute approximate surface area is 126 Å². The topological polar surface area (TPSA) is 110 Å². The molecule has 2 heterocycles. The summed E-state index contributed by atoms with van der Waals surface area (Å²) in [6.07, 6.45) is 2.62. The van der Waals surface area contributed by atoms with Crippen molar-refractivity contribution < 1.29 is 9.90 Å². The Morgan fingerprint density at radius 1 is 1.32 bits per heavy atom. The Morgan fingerprint density at radius 3 is 2.68 bits per heavy atom. The highest BCUT2D eigenvalue weighted by Gasteiger charge is 2.15. The van der Waals surface area contributed by atoms with Crippen molar-refractivity contribution in [3.63, 3.8) is 0 Å². The van der Waals surface area contributed by atoms with Crippen LogP contribution in [0.15, 0.2) is 9.59 Å². The molecule has 0 unspecified atom stereocenters. The van der Waals surface area contributed by atoms with Gasteiger partial charge in [0, 0.05) is 26.4 Å². The van der Waals surface area contributed by atoms with Gasteiger partial charge in [-0.2, -0.15) is 0 Å². The summed E-state index contributed by atoms with van der Waals surface area (Å²) in [6.45, 7) is 2.52. The first-order chi connectivity index (χ1) is 10.5. The summed E-state index contributed by atoms with van der Waals surface area (Å²) >= 11 is 0. The van der Waals surface area contributed by atoms with Gasteiger partial charge in [0.25, 0.3) is 5.56 Å². The van der Waals surface area contributed by atoms with E-state index in [0.29, 0.717) is 36.4 Å². The fraction of sp³-hybridized carbons (Fsp3) is 0.571. The van der Waals surface area contributed by atoms with Gasteiger partial charge in [-0.05, 0) is 12.8 Å². The molecule has 0 aliphatic heterocycles. The molecule has 0 aromatic carbocycles. The second-order valence-electron chi connectivity index (χ2n) is 5.28. The molecule has 0 bridgehead atoms. The normalized spacial score (nSPS) is 11.2. The number of aryl methyl sites for hydroxylation is 2. The van der Waals surface area contributed by atoms with Crippen LogP contribution in [0.2, 0.25) is 0 Å². The summed E-state index contributed by atoms with van der Waals surface area (Å²) in [7, 11) is 1.44. The highest BCUT2D eigenvalue weighted by molar-refractivity contribution is 5.70. The largest absolute Gasteiger partial charge is 0.481 e. The maximum absolute atomic E-state index is 12.2. The quantitative estimate of drug-likeness (QED) is 0.779. The highest BCUT2D eigenvalue weighted by atomic mass is 16.4. The molecule has 0 spiro atoms. The number of carboxylic acid groups (broad SMARTS) is 1.